The molecule has 0 bridgehead atoms. The van der Waals surface area contributed by atoms with Gasteiger partial charge in [0, 0.05) is 52.8 Å². The van der Waals surface area contributed by atoms with E-state index in [1.165, 1.54) is 16.7 Å². The third-order valence-corrected chi connectivity index (χ3v) is 9.13. The summed E-state index contributed by atoms with van der Waals surface area (Å²) in [6.07, 6.45) is -0.215. The summed E-state index contributed by atoms with van der Waals surface area (Å²) in [4.78, 5) is 16.5. The molecule has 1 aliphatic heterocycles. The standard InChI is InChI=1S/C29H41IN4O3Si/c1-29(2,3)37-28(35)33-15-13-32(14-16-33)20-22-7-9-23(10-8-22)24-11-12-26-25(19-24)27(30)31-34(26)21-36-17-18-38(4,5)6/h7-12,19H,13-18,20-21H2,1-6H3. The van der Waals surface area contributed by atoms with Crippen molar-refractivity contribution in [1.29, 1.82) is 0 Å². The number of nitrogens with zero attached hydrogens (tertiary/aromatic N) is 4. The molecule has 4 rings (SSSR count). The zero-order valence-corrected chi connectivity index (χ0v) is 26.7. The number of benzene rings is 2. The molecule has 1 saturated heterocycles. The molecule has 1 fully saturated rings. The van der Waals surface area contributed by atoms with Gasteiger partial charge in [0.2, 0.25) is 0 Å². The summed E-state index contributed by atoms with van der Waals surface area (Å²) >= 11 is 2.32. The normalized spacial score (nSPS) is 15.3. The summed E-state index contributed by atoms with van der Waals surface area (Å²) in [7, 11) is -1.10. The van der Waals surface area contributed by atoms with E-state index in [0.29, 0.717) is 19.8 Å². The van der Waals surface area contributed by atoms with Crippen LogP contribution >= 0.6 is 22.6 Å². The lowest BCUT2D eigenvalue weighted by Crippen LogP contribution is -2.49. The number of aromatic nitrogens is 2. The van der Waals surface area contributed by atoms with Crippen molar-refractivity contribution in [1.82, 2.24) is 19.6 Å². The molecule has 3 aromatic rings. The highest BCUT2D eigenvalue weighted by Gasteiger charge is 2.25. The molecule has 2 heterocycles. The van der Waals surface area contributed by atoms with Crippen LogP contribution in [0.15, 0.2) is 42.5 Å². The quantitative estimate of drug-likeness (QED) is 0.155. The minimum atomic E-state index is -1.10. The molecule has 9 heteroatoms. The third kappa shape index (κ3) is 8.03. The second kappa shape index (κ2) is 12.1. The molecule has 0 aliphatic carbocycles. The van der Waals surface area contributed by atoms with Crippen LogP contribution in [0, 0.1) is 3.70 Å². The Hall–Kier alpha value is -1.95. The fraction of sp³-hybridized carbons (Fsp3) is 0.517. The summed E-state index contributed by atoms with van der Waals surface area (Å²) in [6, 6.07) is 16.5. The van der Waals surface area contributed by atoms with Crippen LogP contribution in [0.1, 0.15) is 26.3 Å². The molecular weight excluding hydrogens is 607 g/mol. The van der Waals surface area contributed by atoms with Crippen LogP contribution in [-0.4, -0.2) is 72.1 Å². The van der Waals surface area contributed by atoms with Crippen molar-refractivity contribution >= 4 is 47.7 Å². The molecule has 0 spiro atoms. The van der Waals surface area contributed by atoms with Crippen LogP contribution in [-0.2, 0) is 22.7 Å². The zero-order chi connectivity index (χ0) is 27.5. The SMILES string of the molecule is CC(C)(C)OC(=O)N1CCN(Cc2ccc(-c3ccc4c(c3)c(I)nn4COCC[Si](C)(C)C)cc2)CC1. The van der Waals surface area contributed by atoms with Crippen molar-refractivity contribution < 1.29 is 14.3 Å². The average molecular weight is 649 g/mol. The lowest BCUT2D eigenvalue weighted by Gasteiger charge is -2.35. The summed E-state index contributed by atoms with van der Waals surface area (Å²) < 4.78 is 14.4. The van der Waals surface area contributed by atoms with Gasteiger partial charge in [-0.2, -0.15) is 5.10 Å². The van der Waals surface area contributed by atoms with Crippen LogP contribution in [0.5, 0.6) is 0 Å². The predicted molar refractivity (Wildman–Crippen MR) is 165 cm³/mol. The summed E-state index contributed by atoms with van der Waals surface area (Å²) in [5.74, 6) is 0. The second-order valence-corrected chi connectivity index (χ2v) is 19.0. The molecule has 1 aliphatic rings. The van der Waals surface area contributed by atoms with E-state index in [-0.39, 0.29) is 6.09 Å². The number of hydrogen-bond acceptors (Lipinski definition) is 5. The van der Waals surface area contributed by atoms with Crippen molar-refractivity contribution in [3.63, 3.8) is 0 Å². The number of ether oxygens (including phenoxy) is 2. The minimum Gasteiger partial charge on any atom is -0.444 e. The van der Waals surface area contributed by atoms with Gasteiger partial charge in [0.1, 0.15) is 16.0 Å². The topological polar surface area (TPSA) is 59.8 Å². The number of halogens is 1. The average Bonchev–Trinajstić information content (AvgIpc) is 3.16. The van der Waals surface area contributed by atoms with Gasteiger partial charge < -0.3 is 14.4 Å². The molecule has 0 radical (unpaired) electrons. The van der Waals surface area contributed by atoms with Crippen molar-refractivity contribution in [2.45, 2.75) is 65.3 Å². The number of hydrogen-bond donors (Lipinski definition) is 0. The summed E-state index contributed by atoms with van der Waals surface area (Å²) in [6.45, 7) is 18.1. The van der Waals surface area contributed by atoms with Gasteiger partial charge in [0.15, 0.2) is 0 Å². The van der Waals surface area contributed by atoms with E-state index in [4.69, 9.17) is 14.6 Å². The lowest BCUT2D eigenvalue weighted by atomic mass is 10.0. The van der Waals surface area contributed by atoms with Gasteiger partial charge >= 0.3 is 6.09 Å². The monoisotopic (exact) mass is 648 g/mol. The maximum absolute atomic E-state index is 12.3. The predicted octanol–water partition coefficient (Wildman–Crippen LogP) is 6.67. The van der Waals surface area contributed by atoms with Gasteiger partial charge in [-0.15, -0.1) is 0 Å². The van der Waals surface area contributed by atoms with Crippen molar-refractivity contribution in [3.05, 3.63) is 51.7 Å². The van der Waals surface area contributed by atoms with E-state index in [2.05, 4.69) is 89.6 Å². The molecule has 0 atom stereocenters. The highest BCUT2D eigenvalue weighted by Crippen LogP contribution is 2.28. The highest BCUT2D eigenvalue weighted by atomic mass is 127. The van der Waals surface area contributed by atoms with Gasteiger partial charge in [-0.05, 0) is 78.2 Å². The lowest BCUT2D eigenvalue weighted by molar-refractivity contribution is 0.0139. The summed E-state index contributed by atoms with van der Waals surface area (Å²) in [5, 5.41) is 5.88. The van der Waals surface area contributed by atoms with Crippen molar-refractivity contribution in [2.75, 3.05) is 32.8 Å². The van der Waals surface area contributed by atoms with Gasteiger partial charge in [0.05, 0.1) is 5.52 Å². The Kier molecular flexibility index (Phi) is 9.21. The molecular formula is C29H41IN4O3Si. The second-order valence-electron chi connectivity index (χ2n) is 12.3. The zero-order valence-electron chi connectivity index (χ0n) is 23.6. The molecule has 7 nitrogen and oxygen atoms in total. The molecule has 0 saturated carbocycles. The summed E-state index contributed by atoms with van der Waals surface area (Å²) in [5.41, 5.74) is 4.31. The number of fused-ring (bicyclic) bond motifs is 1. The number of rotatable bonds is 8. The smallest absolute Gasteiger partial charge is 0.410 e. The molecule has 206 valence electrons. The van der Waals surface area contributed by atoms with Crippen LogP contribution in [0.4, 0.5) is 4.79 Å². The molecule has 38 heavy (non-hydrogen) atoms. The van der Waals surface area contributed by atoms with Gasteiger partial charge in [-0.1, -0.05) is 50.0 Å². The Labute approximate surface area is 241 Å². The van der Waals surface area contributed by atoms with E-state index in [0.717, 1.165) is 46.9 Å². The van der Waals surface area contributed by atoms with Gasteiger partial charge in [-0.25, -0.2) is 9.48 Å². The molecule has 1 aromatic heterocycles. The van der Waals surface area contributed by atoms with E-state index in [1.54, 1.807) is 0 Å². The fourth-order valence-corrected chi connectivity index (χ4v) is 5.87. The maximum atomic E-state index is 12.3. The molecule has 1 amide bonds. The third-order valence-electron chi connectivity index (χ3n) is 6.63. The number of amides is 1. The first-order chi connectivity index (χ1) is 17.9. The van der Waals surface area contributed by atoms with Crippen LogP contribution in [0.2, 0.25) is 25.7 Å². The first-order valence-electron chi connectivity index (χ1n) is 13.4. The van der Waals surface area contributed by atoms with Gasteiger partial charge in [0.25, 0.3) is 0 Å². The molecule has 0 N–H and O–H groups in total. The highest BCUT2D eigenvalue weighted by molar-refractivity contribution is 14.1. The van der Waals surface area contributed by atoms with Crippen LogP contribution in [0.25, 0.3) is 22.0 Å². The first kappa shape index (κ1) is 29.0. The van der Waals surface area contributed by atoms with E-state index in [1.807, 2.05) is 30.4 Å². The van der Waals surface area contributed by atoms with Crippen LogP contribution in [0.3, 0.4) is 0 Å². The first-order valence-corrected chi connectivity index (χ1v) is 18.2. The van der Waals surface area contributed by atoms with Crippen molar-refractivity contribution in [2.24, 2.45) is 0 Å². The van der Waals surface area contributed by atoms with E-state index in [9.17, 15) is 4.79 Å². The van der Waals surface area contributed by atoms with Gasteiger partial charge in [-0.3, -0.25) is 4.90 Å². The fourth-order valence-electron chi connectivity index (χ4n) is 4.42. The Morgan fingerprint density at radius 3 is 2.29 bits per heavy atom. The number of carbonyl (C=O) groups is 1. The molecule has 0 unspecified atom stereocenters. The Morgan fingerprint density at radius 2 is 1.66 bits per heavy atom. The Balaban J connectivity index is 1.34. The van der Waals surface area contributed by atoms with Crippen LogP contribution < -0.4 is 0 Å². The minimum absolute atomic E-state index is 0.215. The van der Waals surface area contributed by atoms with E-state index >= 15 is 0 Å². The Morgan fingerprint density at radius 1 is 1.00 bits per heavy atom. The number of carbonyl (C=O) groups excluding carboxylic acids is 1. The number of piperazine rings is 1. The molecule has 2 aromatic carbocycles. The maximum Gasteiger partial charge on any atom is 0.410 e. The van der Waals surface area contributed by atoms with Crippen molar-refractivity contribution in [3.8, 4) is 11.1 Å². The van der Waals surface area contributed by atoms with E-state index < -0.39 is 13.7 Å². The Bertz CT molecular complexity index is 1240. The largest absolute Gasteiger partial charge is 0.444 e.